The summed E-state index contributed by atoms with van der Waals surface area (Å²) in [6.45, 7) is 5.85. The summed E-state index contributed by atoms with van der Waals surface area (Å²) in [5.74, 6) is -0.429. The molecule has 0 spiro atoms. The number of carbonyl (C=O) groups is 2. The Morgan fingerprint density at radius 1 is 0.966 bits per heavy atom. The Balaban J connectivity index is 1.99. The number of hydrogen-bond donors (Lipinski definition) is 0. The lowest BCUT2D eigenvalue weighted by atomic mass is 10.1. The molecule has 0 aliphatic carbocycles. The molecule has 0 saturated carbocycles. The van der Waals surface area contributed by atoms with Crippen LogP contribution in [0.15, 0.2) is 36.0 Å². The van der Waals surface area contributed by atoms with Crippen LogP contribution in [0.1, 0.15) is 51.5 Å². The lowest BCUT2D eigenvalue weighted by Gasteiger charge is -2.27. The van der Waals surface area contributed by atoms with Gasteiger partial charge in [0.2, 0.25) is 0 Å². The number of para-hydroxylation sites is 1. The number of aryl methyl sites for hydroxylation is 1. The van der Waals surface area contributed by atoms with Crippen molar-refractivity contribution in [2.75, 3.05) is 13.1 Å². The summed E-state index contributed by atoms with van der Waals surface area (Å²) in [7, 11) is 0. The van der Waals surface area contributed by atoms with Gasteiger partial charge in [0.1, 0.15) is 5.57 Å². The molecule has 6 nitrogen and oxygen atoms in total. The van der Waals surface area contributed by atoms with E-state index in [1.807, 2.05) is 35.0 Å². The minimum absolute atomic E-state index is 0.214. The van der Waals surface area contributed by atoms with Crippen LogP contribution in [0.25, 0.3) is 17.0 Å². The molecule has 1 saturated heterocycles. The molecule has 6 heteroatoms. The van der Waals surface area contributed by atoms with E-state index in [1.165, 1.54) is 0 Å². The zero-order chi connectivity index (χ0) is 20.8. The van der Waals surface area contributed by atoms with Gasteiger partial charge in [0, 0.05) is 42.3 Å². The SMILES string of the molecule is CCCCN1C(=O)C(=Cc2cn(CCC#N)c3ccccc23)C(=O)N1CCCC. The summed E-state index contributed by atoms with van der Waals surface area (Å²) in [4.78, 5) is 26.1. The fourth-order valence-electron chi connectivity index (χ4n) is 3.67. The van der Waals surface area contributed by atoms with Gasteiger partial charge in [-0.2, -0.15) is 5.26 Å². The Labute approximate surface area is 172 Å². The predicted octanol–water partition coefficient (Wildman–Crippen LogP) is 4.12. The molecule has 0 N–H and O–H groups in total. The number of hydrazine groups is 1. The molecule has 2 amide bonds. The standard InChI is InChI=1S/C23H28N4O2/c1-3-5-14-26-22(28)20(23(29)27(26)15-6-4-2)16-18-17-25(13-9-12-24)21-11-8-7-10-19(18)21/h7-8,10-11,16-17H,3-6,9,13-15H2,1-2H3. The predicted molar refractivity (Wildman–Crippen MR) is 113 cm³/mol. The largest absolute Gasteiger partial charge is 0.346 e. The second-order valence-corrected chi connectivity index (χ2v) is 7.32. The monoisotopic (exact) mass is 392 g/mol. The molecule has 152 valence electrons. The maximum atomic E-state index is 13.1. The van der Waals surface area contributed by atoms with Crippen molar-refractivity contribution in [1.82, 2.24) is 14.6 Å². The molecule has 1 aliphatic rings. The van der Waals surface area contributed by atoms with Crippen LogP contribution in [0.5, 0.6) is 0 Å². The van der Waals surface area contributed by atoms with Crippen LogP contribution in [0.4, 0.5) is 0 Å². The van der Waals surface area contributed by atoms with E-state index >= 15 is 0 Å². The average Bonchev–Trinajstić information content (AvgIpc) is 3.19. The van der Waals surface area contributed by atoms with Gasteiger partial charge in [-0.15, -0.1) is 0 Å². The van der Waals surface area contributed by atoms with Crippen molar-refractivity contribution < 1.29 is 9.59 Å². The Kier molecular flexibility index (Phi) is 6.71. The fourth-order valence-corrected chi connectivity index (χ4v) is 3.67. The average molecular weight is 393 g/mol. The summed E-state index contributed by atoms with van der Waals surface area (Å²) >= 11 is 0. The van der Waals surface area contributed by atoms with Crippen LogP contribution in [-0.2, 0) is 16.1 Å². The first-order chi connectivity index (χ1) is 14.1. The molecule has 1 fully saturated rings. The second kappa shape index (κ2) is 9.42. The van der Waals surface area contributed by atoms with Crippen LogP contribution in [-0.4, -0.2) is 39.5 Å². The highest BCUT2D eigenvalue weighted by molar-refractivity contribution is 6.25. The third-order valence-electron chi connectivity index (χ3n) is 5.25. The van der Waals surface area contributed by atoms with E-state index in [0.29, 0.717) is 26.1 Å². The smallest absolute Gasteiger partial charge is 0.278 e. The number of aromatic nitrogens is 1. The van der Waals surface area contributed by atoms with Crippen molar-refractivity contribution >= 4 is 28.8 Å². The molecule has 1 aliphatic heterocycles. The zero-order valence-corrected chi connectivity index (χ0v) is 17.2. The number of fused-ring (bicyclic) bond motifs is 1. The van der Waals surface area contributed by atoms with Gasteiger partial charge in [-0.1, -0.05) is 44.9 Å². The molecule has 1 aromatic carbocycles. The topological polar surface area (TPSA) is 69.3 Å². The quantitative estimate of drug-likeness (QED) is 0.476. The van der Waals surface area contributed by atoms with Gasteiger partial charge in [-0.3, -0.25) is 9.59 Å². The number of hydrogen-bond acceptors (Lipinski definition) is 3. The van der Waals surface area contributed by atoms with Crippen LogP contribution in [0.2, 0.25) is 0 Å². The Morgan fingerprint density at radius 3 is 2.17 bits per heavy atom. The molecular formula is C23H28N4O2. The normalized spacial score (nSPS) is 14.2. The van der Waals surface area contributed by atoms with Crippen molar-refractivity contribution in [3.63, 3.8) is 0 Å². The molecule has 0 radical (unpaired) electrons. The summed E-state index contributed by atoms with van der Waals surface area (Å²) < 4.78 is 2.01. The van der Waals surface area contributed by atoms with E-state index in [0.717, 1.165) is 42.1 Å². The summed E-state index contributed by atoms with van der Waals surface area (Å²) in [6, 6.07) is 10.0. The number of amides is 2. The second-order valence-electron chi connectivity index (χ2n) is 7.32. The van der Waals surface area contributed by atoms with E-state index in [2.05, 4.69) is 19.9 Å². The molecule has 0 atom stereocenters. The number of nitrogens with zero attached hydrogens (tertiary/aromatic N) is 4. The van der Waals surface area contributed by atoms with Crippen molar-refractivity contribution in [1.29, 1.82) is 5.26 Å². The number of carbonyl (C=O) groups excluding carboxylic acids is 2. The fraction of sp³-hybridized carbons (Fsp3) is 0.435. The molecule has 2 heterocycles. The summed E-state index contributed by atoms with van der Waals surface area (Å²) in [5, 5.41) is 13.1. The first kappa shape index (κ1) is 20.7. The molecular weight excluding hydrogens is 364 g/mol. The van der Waals surface area contributed by atoms with Crippen molar-refractivity contribution in [2.24, 2.45) is 0 Å². The van der Waals surface area contributed by atoms with Crippen LogP contribution < -0.4 is 0 Å². The third-order valence-corrected chi connectivity index (χ3v) is 5.25. The number of unbranched alkanes of at least 4 members (excludes halogenated alkanes) is 2. The van der Waals surface area contributed by atoms with Gasteiger partial charge in [0.15, 0.2) is 0 Å². The van der Waals surface area contributed by atoms with Gasteiger partial charge in [-0.05, 0) is 25.0 Å². The molecule has 29 heavy (non-hydrogen) atoms. The van der Waals surface area contributed by atoms with E-state index < -0.39 is 0 Å². The highest BCUT2D eigenvalue weighted by Gasteiger charge is 2.40. The lowest BCUT2D eigenvalue weighted by molar-refractivity contribution is -0.147. The summed E-state index contributed by atoms with van der Waals surface area (Å²) in [6.07, 6.45) is 7.71. The van der Waals surface area contributed by atoms with Gasteiger partial charge in [0.05, 0.1) is 12.5 Å². The van der Waals surface area contributed by atoms with Crippen molar-refractivity contribution in [3.05, 3.63) is 41.6 Å². The number of nitriles is 1. The Bertz CT molecular complexity index is 939. The van der Waals surface area contributed by atoms with Crippen LogP contribution in [0, 0.1) is 11.3 Å². The lowest BCUT2D eigenvalue weighted by Crippen LogP contribution is -2.42. The van der Waals surface area contributed by atoms with Gasteiger partial charge < -0.3 is 4.57 Å². The maximum Gasteiger partial charge on any atom is 0.278 e. The van der Waals surface area contributed by atoms with Crippen molar-refractivity contribution in [3.8, 4) is 6.07 Å². The Morgan fingerprint density at radius 2 is 1.59 bits per heavy atom. The highest BCUT2D eigenvalue weighted by Crippen LogP contribution is 2.28. The molecule has 1 aromatic heterocycles. The van der Waals surface area contributed by atoms with Gasteiger partial charge >= 0.3 is 0 Å². The van der Waals surface area contributed by atoms with Crippen LogP contribution >= 0.6 is 0 Å². The minimum atomic E-state index is -0.214. The molecule has 0 unspecified atom stereocenters. The minimum Gasteiger partial charge on any atom is -0.346 e. The molecule has 0 bridgehead atoms. The Hall–Kier alpha value is -3.07. The maximum absolute atomic E-state index is 13.1. The van der Waals surface area contributed by atoms with E-state index in [9.17, 15) is 9.59 Å². The van der Waals surface area contributed by atoms with E-state index in [4.69, 9.17) is 5.26 Å². The third kappa shape index (κ3) is 4.19. The highest BCUT2D eigenvalue weighted by atomic mass is 16.2. The first-order valence-electron chi connectivity index (χ1n) is 10.4. The number of rotatable bonds is 9. The van der Waals surface area contributed by atoms with Crippen molar-refractivity contribution in [2.45, 2.75) is 52.5 Å². The number of benzene rings is 1. The van der Waals surface area contributed by atoms with Gasteiger partial charge in [-0.25, -0.2) is 10.0 Å². The summed E-state index contributed by atoms with van der Waals surface area (Å²) in [5.41, 5.74) is 2.06. The van der Waals surface area contributed by atoms with E-state index in [-0.39, 0.29) is 17.4 Å². The van der Waals surface area contributed by atoms with Crippen LogP contribution in [0.3, 0.4) is 0 Å². The molecule has 3 rings (SSSR count). The molecule has 2 aromatic rings. The first-order valence-corrected chi connectivity index (χ1v) is 10.4. The van der Waals surface area contributed by atoms with E-state index in [1.54, 1.807) is 16.1 Å². The van der Waals surface area contributed by atoms with Gasteiger partial charge in [0.25, 0.3) is 11.8 Å². The zero-order valence-electron chi connectivity index (χ0n) is 17.2.